The molecule has 0 atom stereocenters. The molecule has 0 N–H and O–H groups in total. The number of hydrogen-bond acceptors (Lipinski definition) is 0. The SMILES string of the molecule is C=C[CH2][Sn]([C]#[C][Sn]([CH2]C=C)([CH2]C=C)[CH2]C=C)([CH2]C=C)[CH2]C=C. The van der Waals surface area contributed by atoms with Gasteiger partial charge >= 0.3 is 147 Å². The van der Waals surface area contributed by atoms with Crippen LogP contribution in [0, 0.1) is 7.87 Å². The summed E-state index contributed by atoms with van der Waals surface area (Å²) in [5, 5.41) is 0. The molecule has 2 heteroatoms. The molecule has 0 aromatic rings. The normalized spacial score (nSPS) is 10.7. The Hall–Kier alpha value is -0.403. The molecular weight excluding hydrogens is 478 g/mol. The van der Waals surface area contributed by atoms with Gasteiger partial charge in [-0.2, -0.15) is 0 Å². The fraction of sp³-hybridized carbons (Fsp3) is 0.300. The molecule has 22 heavy (non-hydrogen) atoms. The Morgan fingerprint density at radius 1 is 0.455 bits per heavy atom. The van der Waals surface area contributed by atoms with Crippen LogP contribution in [0.25, 0.3) is 0 Å². The van der Waals surface area contributed by atoms with E-state index >= 15 is 0 Å². The molecule has 0 unspecified atom stereocenters. The van der Waals surface area contributed by atoms with Gasteiger partial charge in [0.15, 0.2) is 0 Å². The molecule has 0 heterocycles. The van der Waals surface area contributed by atoms with Crippen LogP contribution in [0.4, 0.5) is 0 Å². The summed E-state index contributed by atoms with van der Waals surface area (Å²) in [5.41, 5.74) is 0. The Morgan fingerprint density at radius 2 is 0.636 bits per heavy atom. The first-order valence-corrected chi connectivity index (χ1v) is 22.7. The standard InChI is InChI=1S/6C3H5.C2.2Sn/c6*1-3-2;1-2;;/h6*3H,1-2H2;;;. The Bertz CT molecular complexity index is 379. The second-order valence-electron chi connectivity index (χ2n) is 5.77. The molecule has 0 aliphatic heterocycles. The van der Waals surface area contributed by atoms with Gasteiger partial charge < -0.3 is 0 Å². The van der Waals surface area contributed by atoms with Gasteiger partial charge in [0.25, 0.3) is 0 Å². The van der Waals surface area contributed by atoms with E-state index in [4.69, 9.17) is 0 Å². The molecule has 0 radical (unpaired) electrons. The summed E-state index contributed by atoms with van der Waals surface area (Å²) in [6.07, 6.45) is 12.3. The average molecular weight is 508 g/mol. The van der Waals surface area contributed by atoms with Crippen molar-refractivity contribution < 1.29 is 0 Å². The predicted octanol–water partition coefficient (Wildman–Crippen LogP) is 6.08. The van der Waals surface area contributed by atoms with E-state index in [2.05, 4.69) is 47.3 Å². The quantitative estimate of drug-likeness (QED) is 0.171. The van der Waals surface area contributed by atoms with E-state index in [-0.39, 0.29) is 0 Å². The predicted molar refractivity (Wildman–Crippen MR) is 109 cm³/mol. The zero-order valence-corrected chi connectivity index (χ0v) is 19.7. The van der Waals surface area contributed by atoms with Crippen molar-refractivity contribution in [3.8, 4) is 7.87 Å². The molecule has 0 aliphatic carbocycles. The zero-order valence-electron chi connectivity index (χ0n) is 13.9. The van der Waals surface area contributed by atoms with Gasteiger partial charge in [-0.05, 0) is 0 Å². The molecule has 0 nitrogen and oxygen atoms in total. The first-order chi connectivity index (χ1) is 10.6. The number of rotatable bonds is 12. The monoisotopic (exact) mass is 510 g/mol. The van der Waals surface area contributed by atoms with Crippen molar-refractivity contribution >= 4 is 36.8 Å². The van der Waals surface area contributed by atoms with E-state index in [1.807, 2.05) is 36.5 Å². The van der Waals surface area contributed by atoms with Crippen molar-refractivity contribution in [2.75, 3.05) is 0 Å². The summed E-state index contributed by atoms with van der Waals surface area (Å²) in [6.45, 7) is 23.7. The van der Waals surface area contributed by atoms with Crippen LogP contribution in [0.3, 0.4) is 0 Å². The molecule has 0 rings (SSSR count). The Balaban J connectivity index is 5.81. The third-order valence-electron chi connectivity index (χ3n) is 3.80. The first kappa shape index (κ1) is 21.6. The Kier molecular flexibility index (Phi) is 11.9. The van der Waals surface area contributed by atoms with E-state index in [0.29, 0.717) is 0 Å². The molecule has 0 amide bonds. The van der Waals surface area contributed by atoms with Crippen molar-refractivity contribution in [3.63, 3.8) is 0 Å². The van der Waals surface area contributed by atoms with Crippen LogP contribution < -0.4 is 0 Å². The van der Waals surface area contributed by atoms with Crippen LogP contribution in [0.2, 0.25) is 26.6 Å². The molecule has 118 valence electrons. The van der Waals surface area contributed by atoms with Crippen LogP contribution in [0.15, 0.2) is 75.9 Å². The summed E-state index contributed by atoms with van der Waals surface area (Å²) in [7, 11) is 0. The van der Waals surface area contributed by atoms with E-state index in [0.717, 1.165) is 26.6 Å². The van der Waals surface area contributed by atoms with Gasteiger partial charge in [0.1, 0.15) is 0 Å². The maximum absolute atomic E-state index is 3.95. The fourth-order valence-electron chi connectivity index (χ4n) is 2.73. The summed E-state index contributed by atoms with van der Waals surface area (Å²) in [4.78, 5) is 0. The van der Waals surface area contributed by atoms with Crippen LogP contribution in [0.5, 0.6) is 0 Å². The van der Waals surface area contributed by atoms with Gasteiger partial charge in [0, 0.05) is 0 Å². The van der Waals surface area contributed by atoms with Gasteiger partial charge in [0.2, 0.25) is 0 Å². The summed E-state index contributed by atoms with van der Waals surface area (Å²) < 4.78 is 14.1. The molecule has 0 saturated carbocycles. The second-order valence-corrected chi connectivity index (χ2v) is 28.8. The van der Waals surface area contributed by atoms with Crippen molar-refractivity contribution in [2.24, 2.45) is 0 Å². The van der Waals surface area contributed by atoms with E-state index < -0.39 is 36.8 Å². The maximum atomic E-state index is 3.95. The van der Waals surface area contributed by atoms with Crippen LogP contribution in [-0.2, 0) is 0 Å². The molecule has 0 bridgehead atoms. The van der Waals surface area contributed by atoms with E-state index in [9.17, 15) is 0 Å². The minimum absolute atomic E-state index is 1.07. The van der Waals surface area contributed by atoms with Crippen molar-refractivity contribution in [1.82, 2.24) is 0 Å². The summed E-state index contributed by atoms with van der Waals surface area (Å²) >= 11 is -5.20. The van der Waals surface area contributed by atoms with Gasteiger partial charge in [-0.25, -0.2) is 0 Å². The molecule has 0 saturated heterocycles. The van der Waals surface area contributed by atoms with Crippen molar-refractivity contribution in [1.29, 1.82) is 0 Å². The van der Waals surface area contributed by atoms with Crippen LogP contribution in [-0.4, -0.2) is 36.8 Å². The fourth-order valence-corrected chi connectivity index (χ4v) is 28.5. The van der Waals surface area contributed by atoms with E-state index in [1.165, 1.54) is 0 Å². The van der Waals surface area contributed by atoms with Crippen LogP contribution in [0.1, 0.15) is 0 Å². The zero-order chi connectivity index (χ0) is 16.9. The summed E-state index contributed by atoms with van der Waals surface area (Å²) in [5.74, 6) is 0. The topological polar surface area (TPSA) is 0 Å². The van der Waals surface area contributed by atoms with Gasteiger partial charge in [0.05, 0.1) is 0 Å². The van der Waals surface area contributed by atoms with Gasteiger partial charge in [-0.3, -0.25) is 0 Å². The Labute approximate surface area is 146 Å². The van der Waals surface area contributed by atoms with E-state index in [1.54, 1.807) is 0 Å². The first-order valence-electron chi connectivity index (χ1n) is 7.77. The molecule has 0 aromatic heterocycles. The summed E-state index contributed by atoms with van der Waals surface area (Å²) in [6, 6.07) is 0. The van der Waals surface area contributed by atoms with Gasteiger partial charge in [-0.15, -0.1) is 0 Å². The molecule has 0 aliphatic rings. The average Bonchev–Trinajstić information content (AvgIpc) is 2.47. The van der Waals surface area contributed by atoms with Crippen molar-refractivity contribution in [2.45, 2.75) is 26.6 Å². The van der Waals surface area contributed by atoms with Gasteiger partial charge in [-0.1, -0.05) is 0 Å². The molecule has 0 spiro atoms. The third-order valence-corrected chi connectivity index (χ3v) is 27.9. The van der Waals surface area contributed by atoms with Crippen molar-refractivity contribution in [3.05, 3.63) is 75.9 Å². The minimum atomic E-state index is -2.60. The van der Waals surface area contributed by atoms with Crippen LogP contribution >= 0.6 is 0 Å². The third kappa shape index (κ3) is 7.24. The molecule has 0 fully saturated rings. The number of hydrogen-bond donors (Lipinski definition) is 0. The molecular formula is C20H30Sn2. The second kappa shape index (κ2) is 12.1. The Morgan fingerprint density at radius 3 is 0.773 bits per heavy atom. The number of allylic oxidation sites excluding steroid dienone is 6. The molecule has 0 aromatic carbocycles.